The number of unbranched alkanes of at least 4 members (excludes halogenated alkanes) is 8. The van der Waals surface area contributed by atoms with Gasteiger partial charge >= 0.3 is 0 Å². The van der Waals surface area contributed by atoms with Gasteiger partial charge in [0.25, 0.3) is 0 Å². The molecule has 0 fully saturated rings. The summed E-state index contributed by atoms with van der Waals surface area (Å²) < 4.78 is 14.3. The van der Waals surface area contributed by atoms with E-state index >= 15 is 0 Å². The molecule has 0 atom stereocenters. The Kier molecular flexibility index (Phi) is 15.6. The zero-order chi connectivity index (χ0) is 75.9. The first kappa shape index (κ1) is 68.7. The van der Waals surface area contributed by atoms with Gasteiger partial charge in [-0.05, 0) is 218 Å². The van der Waals surface area contributed by atoms with E-state index in [2.05, 4.69) is 335 Å². The molecule has 5 aliphatic rings. The number of rotatable bonds is 18. The van der Waals surface area contributed by atoms with Gasteiger partial charge in [-0.15, -0.1) is 0 Å². The summed E-state index contributed by atoms with van der Waals surface area (Å²) in [5, 5.41) is 7.10. The quantitative estimate of drug-likeness (QED) is 0.0802. The molecule has 5 aliphatic carbocycles. The third-order valence-corrected chi connectivity index (χ3v) is 27.9. The van der Waals surface area contributed by atoms with Crippen LogP contribution in [0.15, 0.2) is 270 Å². The van der Waals surface area contributed by atoms with Gasteiger partial charge in [0, 0.05) is 76.5 Å². The predicted molar refractivity (Wildman–Crippen MR) is 473 cm³/mol. The number of hydrogen-bond acceptors (Lipinski definition) is 3. The number of benzene rings is 14. The van der Waals surface area contributed by atoms with Crippen molar-refractivity contribution in [1.29, 1.82) is 0 Å². The molecule has 0 saturated carbocycles. The van der Waals surface area contributed by atoms with Gasteiger partial charge < -0.3 is 13.7 Å². The van der Waals surface area contributed by atoms with Crippen LogP contribution in [0.25, 0.3) is 144 Å². The minimum atomic E-state index is -0.396. The molecule has 14 aromatic carbocycles. The number of fused-ring (bicyclic) bond motifs is 26. The van der Waals surface area contributed by atoms with Crippen molar-refractivity contribution < 1.29 is 8.83 Å². The van der Waals surface area contributed by atoms with Crippen molar-refractivity contribution in [2.45, 2.75) is 173 Å². The van der Waals surface area contributed by atoms with E-state index in [1.165, 1.54) is 221 Å². The molecule has 0 unspecified atom stereocenters. The molecule has 21 rings (SSSR count). The van der Waals surface area contributed by atoms with Gasteiger partial charge in [0.1, 0.15) is 22.3 Å². The van der Waals surface area contributed by atoms with Gasteiger partial charge in [-0.2, -0.15) is 0 Å². The average molecular weight is 1450 g/mol. The third-order valence-electron chi connectivity index (χ3n) is 27.9. The monoisotopic (exact) mass is 1450 g/mol. The van der Waals surface area contributed by atoms with Gasteiger partial charge in [-0.25, -0.2) is 0 Å². The van der Waals surface area contributed by atoms with E-state index in [0.717, 1.165) is 61.3 Å². The summed E-state index contributed by atoms with van der Waals surface area (Å²) in [5.74, 6) is 0. The highest BCUT2D eigenvalue weighted by atomic mass is 16.3. The highest BCUT2D eigenvalue weighted by Crippen LogP contribution is 2.65. The lowest BCUT2D eigenvalue weighted by atomic mass is 9.70. The highest BCUT2D eigenvalue weighted by molar-refractivity contribution is 6.22. The van der Waals surface area contributed by atoms with Gasteiger partial charge in [0.05, 0.1) is 5.69 Å². The first-order valence-corrected chi connectivity index (χ1v) is 41.8. The summed E-state index contributed by atoms with van der Waals surface area (Å²) in [4.78, 5) is 2.55. The first-order valence-electron chi connectivity index (χ1n) is 41.8. The lowest BCUT2D eigenvalue weighted by Gasteiger charge is -2.33. The fourth-order valence-corrected chi connectivity index (χ4v) is 22.2. The molecule has 2 heterocycles. The molecule has 550 valence electrons. The molecule has 0 spiro atoms. The summed E-state index contributed by atoms with van der Waals surface area (Å²) in [5.41, 5.74) is 40.5. The predicted octanol–water partition coefficient (Wildman–Crippen LogP) is 31.3. The number of hydrogen-bond donors (Lipinski definition) is 0. The van der Waals surface area contributed by atoms with Gasteiger partial charge in [0.2, 0.25) is 0 Å². The lowest BCUT2D eigenvalue weighted by Crippen LogP contribution is -2.25. The normalized spacial score (nSPS) is 15.5. The van der Waals surface area contributed by atoms with Crippen LogP contribution in [0.4, 0.5) is 17.1 Å². The van der Waals surface area contributed by atoms with Crippen molar-refractivity contribution in [3.63, 3.8) is 0 Å². The van der Waals surface area contributed by atoms with E-state index < -0.39 is 5.41 Å². The van der Waals surface area contributed by atoms with Crippen molar-refractivity contribution in [2.75, 3.05) is 4.90 Å². The van der Waals surface area contributed by atoms with E-state index in [4.69, 9.17) is 8.83 Å². The standard InChI is InChI=1S/C109H97NO2/c1-11-13-15-17-29-58-109(59-30-18-16-14-12-2)86-40-26-21-35-75(86)78-55-50-71(62-91(78)109)70-49-54-77-76-53-48-69(60-87(76)105(3,4)88(77)61-70)66-44-46-68(47-45-66)84-65-92-96(98-82-37-23-27-42-94(82)111-103(84)98)80-56-51-72(63-89(80)106(92,5)6)110(93-41-31-33-67-32-19-20-34-74(67)93)73-52-57-81-90(64-73)108(9,10)101-97(81)99-83-38-24-28-43-95(83)112-104(99)100-79-36-22-25-39-85(79)107(7,8)102(100)101/h19-28,31-57,60-65H,11-18,29-30,58-59H2,1-10H3. The van der Waals surface area contributed by atoms with Crippen LogP contribution in [0.5, 0.6) is 0 Å². The molecular formula is C109H97NO2. The first-order chi connectivity index (χ1) is 54.5. The van der Waals surface area contributed by atoms with Crippen LogP contribution in [-0.2, 0) is 27.1 Å². The molecular weight excluding hydrogens is 1360 g/mol. The Morgan fingerprint density at radius 1 is 0.277 bits per heavy atom. The van der Waals surface area contributed by atoms with Crippen LogP contribution >= 0.6 is 0 Å². The summed E-state index contributed by atoms with van der Waals surface area (Å²) in [7, 11) is 0. The Morgan fingerprint density at radius 3 is 1.35 bits per heavy atom. The Morgan fingerprint density at radius 2 is 0.705 bits per heavy atom. The Labute approximate surface area is 660 Å². The van der Waals surface area contributed by atoms with E-state index in [0.29, 0.717) is 0 Å². The van der Waals surface area contributed by atoms with E-state index in [-0.39, 0.29) is 21.7 Å². The van der Waals surface area contributed by atoms with Crippen LogP contribution in [-0.4, -0.2) is 0 Å². The summed E-state index contributed by atoms with van der Waals surface area (Å²) in [6.07, 6.45) is 15.5. The zero-order valence-corrected chi connectivity index (χ0v) is 66.6. The van der Waals surface area contributed by atoms with Crippen molar-refractivity contribution in [2.24, 2.45) is 0 Å². The summed E-state index contributed by atoms with van der Waals surface area (Å²) in [6.45, 7) is 24.2. The van der Waals surface area contributed by atoms with Crippen molar-refractivity contribution in [1.82, 2.24) is 0 Å². The summed E-state index contributed by atoms with van der Waals surface area (Å²) in [6, 6.07) is 100. The third kappa shape index (κ3) is 9.90. The Hall–Kier alpha value is -11.3. The second kappa shape index (κ2) is 25.4. The maximum absolute atomic E-state index is 7.17. The van der Waals surface area contributed by atoms with Crippen molar-refractivity contribution >= 4 is 71.7 Å². The Bertz CT molecular complexity index is 6590. The summed E-state index contributed by atoms with van der Waals surface area (Å²) >= 11 is 0. The maximum Gasteiger partial charge on any atom is 0.144 e. The smallest absolute Gasteiger partial charge is 0.144 e. The van der Waals surface area contributed by atoms with Gasteiger partial charge in [0.15, 0.2) is 0 Å². The van der Waals surface area contributed by atoms with E-state index in [1.54, 1.807) is 11.1 Å². The van der Waals surface area contributed by atoms with E-state index in [1.807, 2.05) is 0 Å². The molecule has 3 heteroatoms. The second-order valence-corrected chi connectivity index (χ2v) is 35.6. The SMILES string of the molecule is CCCCCCCC1(CCCCCCC)c2ccccc2-c2ccc(-c3ccc4c(c3)C(C)(C)c3cc(-c5ccc(-c6cc7c(c8c6oc6ccccc68)-c6ccc(N(c8ccc9c(c8)C(C)(C)c8c%10c(c%11oc%12ccccc%12c%11c8-9)-c8ccccc8C%10(C)C)c8cccc9ccccc89)cc6C7(C)C)cc5)ccc3-4)cc21. The molecule has 0 N–H and O–H groups in total. The van der Waals surface area contributed by atoms with Gasteiger partial charge in [-0.1, -0.05) is 328 Å². The van der Waals surface area contributed by atoms with E-state index in [9.17, 15) is 0 Å². The number of para-hydroxylation sites is 2. The minimum absolute atomic E-state index is 0.0429. The molecule has 0 saturated heterocycles. The zero-order valence-electron chi connectivity index (χ0n) is 66.6. The molecule has 0 bridgehead atoms. The second-order valence-electron chi connectivity index (χ2n) is 35.6. The number of anilines is 3. The molecule has 3 nitrogen and oxygen atoms in total. The largest absolute Gasteiger partial charge is 0.455 e. The van der Waals surface area contributed by atoms with Crippen LogP contribution in [0, 0.1) is 0 Å². The molecule has 0 amide bonds. The fraction of sp³-hybridized carbons (Fsp3) is 0.248. The maximum atomic E-state index is 7.17. The number of furan rings is 2. The highest BCUT2D eigenvalue weighted by Gasteiger charge is 2.50. The van der Waals surface area contributed by atoms with Crippen LogP contribution in [0.1, 0.15) is 202 Å². The molecule has 16 aromatic rings. The van der Waals surface area contributed by atoms with Crippen molar-refractivity contribution in [3.8, 4) is 89.0 Å². The van der Waals surface area contributed by atoms with Crippen molar-refractivity contribution in [3.05, 3.63) is 316 Å². The average Bonchev–Trinajstić information content (AvgIpc) is 1.50. The topological polar surface area (TPSA) is 29.5 Å². The minimum Gasteiger partial charge on any atom is -0.455 e. The van der Waals surface area contributed by atoms with Crippen LogP contribution < -0.4 is 4.90 Å². The van der Waals surface area contributed by atoms with Crippen LogP contribution in [0.2, 0.25) is 0 Å². The number of nitrogens with zero attached hydrogens (tertiary/aromatic N) is 1. The fourth-order valence-electron chi connectivity index (χ4n) is 22.2. The Balaban J connectivity index is 0.628. The molecule has 2 aromatic heterocycles. The molecule has 112 heavy (non-hydrogen) atoms. The molecule has 0 radical (unpaired) electrons. The van der Waals surface area contributed by atoms with Gasteiger partial charge in [-0.3, -0.25) is 0 Å². The van der Waals surface area contributed by atoms with Crippen LogP contribution in [0.3, 0.4) is 0 Å². The lowest BCUT2D eigenvalue weighted by molar-refractivity contribution is 0.399. The molecule has 0 aliphatic heterocycles.